The van der Waals surface area contributed by atoms with Crippen LogP contribution in [0.1, 0.15) is 22.3 Å². The fraction of sp³-hybridized carbons (Fsp3) is 0.0465. The lowest BCUT2D eigenvalue weighted by Crippen LogP contribution is -2.34. The van der Waals surface area contributed by atoms with Crippen molar-refractivity contribution in [2.45, 2.75) is 24.6 Å². The van der Waals surface area contributed by atoms with E-state index in [-0.39, 0.29) is 0 Å². The highest BCUT2D eigenvalue weighted by molar-refractivity contribution is 7.96. The molecule has 14 aromatic rings. The summed E-state index contributed by atoms with van der Waals surface area (Å²) in [7, 11) is -10.0. The van der Waals surface area contributed by atoms with E-state index in [1.54, 1.807) is 0 Å². The standard InChI is InChI=1S/C86H72P4/c1-13-37-73(38-14-1)87(74-39-15-2-16-40-74,75-41-17-3-18-42-75)65-69-61-62-71(67-89(79-49-25-7-26-50-79,80-51-27-8-28-52-80)81-53-29-9-30-54-81)86-72(68-90(82-55-31-10-32-56-82,83-57-33-11-34-58-83)84-59-35-12-36-60-84)64-63-70(85(69)86)66-88(76-43-19-4-20-44-76,77-45-21-5-22-46-77)78-47-23-6-24-48-78/h1-64H,65-68H2/q+4. The maximum atomic E-state index is 2.62. The summed E-state index contributed by atoms with van der Waals surface area (Å²) >= 11 is 0. The van der Waals surface area contributed by atoms with Gasteiger partial charge in [-0.25, -0.2) is 0 Å². The molecule has 0 amide bonds. The predicted molar refractivity (Wildman–Crippen MR) is 399 cm³/mol. The van der Waals surface area contributed by atoms with Crippen LogP contribution in [0.5, 0.6) is 0 Å². The monoisotopic (exact) mass is 1230 g/mol. The van der Waals surface area contributed by atoms with E-state index in [0.29, 0.717) is 0 Å². The first-order chi connectivity index (χ1) is 44.6. The van der Waals surface area contributed by atoms with E-state index in [4.69, 9.17) is 0 Å². The van der Waals surface area contributed by atoms with Crippen molar-refractivity contribution in [2.24, 2.45) is 0 Å². The van der Waals surface area contributed by atoms with E-state index in [1.165, 1.54) is 96.7 Å². The van der Waals surface area contributed by atoms with Crippen molar-refractivity contribution < 1.29 is 0 Å². The van der Waals surface area contributed by atoms with E-state index in [0.717, 1.165) is 24.6 Å². The van der Waals surface area contributed by atoms with Gasteiger partial charge in [-0.15, -0.1) is 0 Å². The maximum Gasteiger partial charge on any atom is 0.116 e. The van der Waals surface area contributed by atoms with Crippen LogP contribution in [0.15, 0.2) is 388 Å². The smallest absolute Gasteiger partial charge is 0.0620 e. The van der Waals surface area contributed by atoms with Gasteiger partial charge in [0.2, 0.25) is 0 Å². The molecule has 0 nitrogen and oxygen atoms in total. The van der Waals surface area contributed by atoms with Crippen LogP contribution in [-0.2, 0) is 24.6 Å². The van der Waals surface area contributed by atoms with Crippen molar-refractivity contribution in [3.8, 4) is 0 Å². The fourth-order valence-electron chi connectivity index (χ4n) is 14.4. The van der Waals surface area contributed by atoms with Gasteiger partial charge in [-0.3, -0.25) is 0 Å². The Hall–Kier alpha value is -8.94. The molecule has 0 heterocycles. The molecular formula is C86H72P4+4. The Bertz CT molecular complexity index is 3600. The molecular weight excluding hydrogens is 1160 g/mol. The summed E-state index contributed by atoms with van der Waals surface area (Å²) in [6.07, 6.45) is 3.27. The van der Waals surface area contributed by atoms with E-state index < -0.39 is 29.0 Å². The third-order valence-electron chi connectivity index (χ3n) is 18.5. The lowest BCUT2D eigenvalue weighted by atomic mass is 9.93. The molecule has 0 radical (unpaired) electrons. The first-order valence-corrected chi connectivity index (χ1v) is 39.3. The Kier molecular flexibility index (Phi) is 17.4. The first-order valence-electron chi connectivity index (χ1n) is 31.4. The molecule has 0 aromatic heterocycles. The zero-order valence-electron chi connectivity index (χ0n) is 50.6. The summed E-state index contributed by atoms with van der Waals surface area (Å²) in [5.74, 6) is 0. The molecule has 0 saturated heterocycles. The van der Waals surface area contributed by atoms with Gasteiger partial charge >= 0.3 is 0 Å². The molecule has 432 valence electrons. The molecule has 0 saturated carbocycles. The number of fused-ring (bicyclic) bond motifs is 1. The topological polar surface area (TPSA) is 0 Å². The van der Waals surface area contributed by atoms with Crippen LogP contribution < -0.4 is 63.7 Å². The summed E-state index contributed by atoms with van der Waals surface area (Å²) in [5.41, 5.74) is 5.53. The average molecular weight is 1230 g/mol. The molecule has 4 heteroatoms. The van der Waals surface area contributed by atoms with Crippen molar-refractivity contribution in [3.05, 3.63) is 411 Å². The SMILES string of the molecule is c1ccc([P+](Cc2ccc(C[P+](c3ccccc3)(c3ccccc3)c3ccccc3)c3c(C[P+](c4ccccc4)(c4ccccc4)c4ccccc4)ccc(C[P+](c4ccccc4)(c4ccccc4)c4ccccc4)c23)(c2ccccc2)c2ccccc2)cc1. The van der Waals surface area contributed by atoms with E-state index >= 15 is 0 Å². The largest absolute Gasteiger partial charge is 0.116 e. The van der Waals surface area contributed by atoms with Crippen LogP contribution in [0.4, 0.5) is 0 Å². The summed E-state index contributed by atoms with van der Waals surface area (Å²) in [5, 5.41) is 19.3. The van der Waals surface area contributed by atoms with Crippen molar-refractivity contribution in [2.75, 3.05) is 0 Å². The highest BCUT2D eigenvalue weighted by atomic mass is 31.2. The minimum atomic E-state index is -2.50. The van der Waals surface area contributed by atoms with Gasteiger partial charge in [0.05, 0.1) is 24.6 Å². The minimum Gasteiger partial charge on any atom is -0.0620 e. The maximum absolute atomic E-state index is 2.62. The summed E-state index contributed by atoms with van der Waals surface area (Å²) in [6.45, 7) is 0. The molecule has 0 N–H and O–H groups in total. The zero-order valence-corrected chi connectivity index (χ0v) is 54.1. The Morgan fingerprint density at radius 2 is 0.222 bits per heavy atom. The second kappa shape index (κ2) is 26.6. The molecule has 14 aromatic carbocycles. The highest BCUT2D eigenvalue weighted by Crippen LogP contribution is 2.65. The summed E-state index contributed by atoms with van der Waals surface area (Å²) in [4.78, 5) is 0. The van der Waals surface area contributed by atoms with Gasteiger partial charge in [0.1, 0.15) is 92.7 Å². The Morgan fingerprint density at radius 1 is 0.122 bits per heavy atom. The quantitative estimate of drug-likeness (QED) is 0.0667. The lowest BCUT2D eigenvalue weighted by molar-refractivity contribution is 1.30. The van der Waals surface area contributed by atoms with E-state index in [2.05, 4.69) is 388 Å². The fourth-order valence-corrected chi connectivity index (χ4v) is 31.5. The van der Waals surface area contributed by atoms with Gasteiger partial charge in [0.25, 0.3) is 0 Å². The number of benzene rings is 14. The molecule has 0 unspecified atom stereocenters. The molecule has 14 rings (SSSR count). The second-order valence-electron chi connectivity index (χ2n) is 23.4. The second-order valence-corrected chi connectivity index (χ2v) is 37.4. The third kappa shape index (κ3) is 11.0. The van der Waals surface area contributed by atoms with Gasteiger partial charge in [-0.1, -0.05) is 243 Å². The van der Waals surface area contributed by atoms with E-state index in [9.17, 15) is 0 Å². The minimum absolute atomic E-state index is 0.818. The van der Waals surface area contributed by atoms with Crippen LogP contribution in [0, 0.1) is 0 Å². The molecule has 0 aliphatic rings. The molecule has 0 fully saturated rings. The Morgan fingerprint density at radius 3 is 0.322 bits per heavy atom. The third-order valence-corrected chi connectivity index (χ3v) is 35.9. The van der Waals surface area contributed by atoms with Gasteiger partial charge in [-0.2, -0.15) is 0 Å². The van der Waals surface area contributed by atoms with Gasteiger partial charge in [0, 0.05) is 0 Å². The summed E-state index contributed by atoms with van der Waals surface area (Å²) in [6, 6.07) is 149. The van der Waals surface area contributed by atoms with Crippen molar-refractivity contribution >= 4 is 103 Å². The molecule has 0 aliphatic carbocycles. The lowest BCUT2D eigenvalue weighted by Gasteiger charge is -2.32. The summed E-state index contributed by atoms with van der Waals surface area (Å²) < 4.78 is 0. The average Bonchev–Trinajstić information content (AvgIpc) is 0.786. The molecule has 0 spiro atoms. The van der Waals surface area contributed by atoms with Crippen molar-refractivity contribution in [1.82, 2.24) is 0 Å². The van der Waals surface area contributed by atoms with Crippen LogP contribution in [0.2, 0.25) is 0 Å². The van der Waals surface area contributed by atoms with Crippen molar-refractivity contribution in [3.63, 3.8) is 0 Å². The first kappa shape index (κ1) is 58.7. The number of rotatable bonds is 20. The predicted octanol–water partition coefficient (Wildman–Crippen LogP) is 16.8. The Balaban J connectivity index is 1.17. The molecule has 0 bridgehead atoms. The van der Waals surface area contributed by atoms with Crippen LogP contribution in [-0.4, -0.2) is 0 Å². The van der Waals surface area contributed by atoms with Crippen LogP contribution >= 0.6 is 29.0 Å². The highest BCUT2D eigenvalue weighted by Gasteiger charge is 2.52. The van der Waals surface area contributed by atoms with Crippen LogP contribution in [0.3, 0.4) is 0 Å². The van der Waals surface area contributed by atoms with Crippen LogP contribution in [0.25, 0.3) is 10.8 Å². The zero-order chi connectivity index (χ0) is 60.5. The Labute approximate surface area is 535 Å². The van der Waals surface area contributed by atoms with Gasteiger partial charge < -0.3 is 0 Å². The van der Waals surface area contributed by atoms with E-state index in [1.807, 2.05) is 0 Å². The van der Waals surface area contributed by atoms with Gasteiger partial charge in [-0.05, 0) is 179 Å². The van der Waals surface area contributed by atoms with Crippen molar-refractivity contribution in [1.29, 1.82) is 0 Å². The van der Waals surface area contributed by atoms with Gasteiger partial charge in [0.15, 0.2) is 0 Å². The molecule has 90 heavy (non-hydrogen) atoms. The molecule has 0 aliphatic heterocycles. The number of hydrogen-bond donors (Lipinski definition) is 0. The normalized spacial score (nSPS) is 12.0. The number of hydrogen-bond acceptors (Lipinski definition) is 0. The molecule has 0 atom stereocenters.